The van der Waals surface area contributed by atoms with Crippen molar-refractivity contribution in [3.8, 4) is 0 Å². The van der Waals surface area contributed by atoms with Gasteiger partial charge in [-0.1, -0.05) is 0 Å². The molecule has 0 aromatic heterocycles. The van der Waals surface area contributed by atoms with E-state index in [0.29, 0.717) is 3.46 Å². The zero-order valence-corrected chi connectivity index (χ0v) is 8.24. The first-order valence-corrected chi connectivity index (χ1v) is 8.35. The van der Waals surface area contributed by atoms with Crippen molar-refractivity contribution >= 4 is 19.6 Å². The van der Waals surface area contributed by atoms with Crippen molar-refractivity contribution in [2.24, 2.45) is 0 Å². The van der Waals surface area contributed by atoms with Crippen molar-refractivity contribution < 1.29 is 0 Å². The van der Waals surface area contributed by atoms with Crippen LogP contribution in [0.15, 0.2) is 0 Å². The Kier molecular flexibility index (Phi) is 2.64. The van der Waals surface area contributed by atoms with Gasteiger partial charge in [-0.3, -0.25) is 0 Å². The van der Waals surface area contributed by atoms with Crippen molar-refractivity contribution in [3.63, 3.8) is 0 Å². The van der Waals surface area contributed by atoms with E-state index in [0.717, 1.165) is 0 Å². The number of rotatable bonds is 0. The molecule has 0 N–H and O–H groups in total. The molecule has 0 rings (SSSR count). The van der Waals surface area contributed by atoms with Gasteiger partial charge in [0, 0.05) is 0 Å². The molecule has 0 aromatic carbocycles. The summed E-state index contributed by atoms with van der Waals surface area (Å²) in [6.07, 6.45) is 0. The summed E-state index contributed by atoms with van der Waals surface area (Å²) >= 11 is -0.618. The zero-order chi connectivity index (χ0) is 6.08. The third kappa shape index (κ3) is 3.38. The second-order valence-corrected chi connectivity index (χ2v) is 11.1. The average molecular weight is 215 g/mol. The second kappa shape index (κ2) is 2.37. The van der Waals surface area contributed by atoms with E-state index >= 15 is 0 Å². The van der Waals surface area contributed by atoms with Gasteiger partial charge in [0.1, 0.15) is 0 Å². The SMILES string of the molecule is C[Te+](C)C(C)(C)C. The first-order chi connectivity index (χ1) is 2.94. The van der Waals surface area contributed by atoms with Crippen LogP contribution in [0, 0.1) is 0 Å². The van der Waals surface area contributed by atoms with Crippen LogP contribution >= 0.6 is 0 Å². The minimum absolute atomic E-state index is 0.618. The van der Waals surface area contributed by atoms with E-state index in [9.17, 15) is 0 Å². The van der Waals surface area contributed by atoms with Gasteiger partial charge in [0.2, 0.25) is 0 Å². The maximum atomic E-state index is 2.42. The summed E-state index contributed by atoms with van der Waals surface area (Å²) < 4.78 is 0.670. The topological polar surface area (TPSA) is 0 Å². The van der Waals surface area contributed by atoms with E-state index < -0.39 is 19.6 Å². The number of hydrogen-bond donors (Lipinski definition) is 0. The van der Waals surface area contributed by atoms with Gasteiger partial charge in [-0.05, 0) is 0 Å². The summed E-state index contributed by atoms with van der Waals surface area (Å²) in [5.41, 5.74) is 0. The van der Waals surface area contributed by atoms with Crippen LogP contribution in [0.25, 0.3) is 0 Å². The molecule has 0 heterocycles. The van der Waals surface area contributed by atoms with Gasteiger partial charge >= 0.3 is 53.7 Å². The molecule has 0 fully saturated rings. The van der Waals surface area contributed by atoms with E-state index in [1.807, 2.05) is 0 Å². The molecule has 44 valence electrons. The van der Waals surface area contributed by atoms with Gasteiger partial charge < -0.3 is 0 Å². The fourth-order valence-electron chi connectivity index (χ4n) is 0. The zero-order valence-electron chi connectivity index (χ0n) is 5.91. The Morgan fingerprint density at radius 3 is 1.14 bits per heavy atom. The molecule has 0 aliphatic rings. The molecular formula is C6H15Te+. The summed E-state index contributed by atoms with van der Waals surface area (Å²) in [5.74, 6) is 0. The third-order valence-corrected chi connectivity index (χ3v) is 8.22. The molecule has 0 aliphatic carbocycles. The summed E-state index contributed by atoms with van der Waals surface area (Å²) in [6.45, 7) is 7.01. The molecule has 1 heteroatoms. The maximum absolute atomic E-state index is 2.42. The van der Waals surface area contributed by atoms with Crippen LogP contribution in [0.4, 0.5) is 0 Å². The molecule has 0 spiro atoms. The predicted molar refractivity (Wildman–Crippen MR) is 37.2 cm³/mol. The first-order valence-electron chi connectivity index (χ1n) is 2.52. The van der Waals surface area contributed by atoms with Gasteiger partial charge in [0.05, 0.1) is 0 Å². The van der Waals surface area contributed by atoms with Crippen molar-refractivity contribution in [2.45, 2.75) is 34.2 Å². The standard InChI is InChI=1S/C6H15Te/c1-6(2,3)7(4)5/h1-5H3/q+1. The van der Waals surface area contributed by atoms with Crippen molar-refractivity contribution in [1.29, 1.82) is 0 Å². The van der Waals surface area contributed by atoms with Crippen LogP contribution in [-0.4, -0.2) is 19.6 Å². The Balaban J connectivity index is 3.54. The van der Waals surface area contributed by atoms with Gasteiger partial charge in [-0.25, -0.2) is 0 Å². The molecule has 0 nitrogen and oxygen atoms in total. The number of hydrogen-bond acceptors (Lipinski definition) is 0. The molecular weight excluding hydrogens is 200 g/mol. The summed E-state index contributed by atoms with van der Waals surface area (Å²) in [5, 5.41) is 0. The Morgan fingerprint density at radius 2 is 1.14 bits per heavy atom. The van der Waals surface area contributed by atoms with Crippen LogP contribution in [-0.2, 0) is 0 Å². The van der Waals surface area contributed by atoms with Crippen LogP contribution < -0.4 is 0 Å². The van der Waals surface area contributed by atoms with Crippen LogP contribution in [0.1, 0.15) is 20.8 Å². The molecule has 7 heavy (non-hydrogen) atoms. The van der Waals surface area contributed by atoms with Gasteiger partial charge in [0.15, 0.2) is 0 Å². The Hall–Kier alpha value is 0.790. The predicted octanol–water partition coefficient (Wildman–Crippen LogP) is 2.54. The van der Waals surface area contributed by atoms with E-state index in [1.54, 1.807) is 0 Å². The summed E-state index contributed by atoms with van der Waals surface area (Å²) in [7, 11) is 0. The molecule has 0 saturated carbocycles. The Labute approximate surface area is 53.9 Å². The summed E-state index contributed by atoms with van der Waals surface area (Å²) in [4.78, 5) is 4.84. The van der Waals surface area contributed by atoms with Gasteiger partial charge in [-0.2, -0.15) is 0 Å². The summed E-state index contributed by atoms with van der Waals surface area (Å²) in [6, 6.07) is 0. The van der Waals surface area contributed by atoms with E-state index in [-0.39, 0.29) is 0 Å². The Bertz CT molecular complexity index is 49.7. The molecule has 0 saturated heterocycles. The quantitative estimate of drug-likeness (QED) is 0.544. The monoisotopic (exact) mass is 217 g/mol. The third-order valence-electron chi connectivity index (χ3n) is 1.22. The molecule has 0 amide bonds. The molecule has 0 aromatic rings. The minimum atomic E-state index is -0.618. The molecule has 0 bridgehead atoms. The average Bonchev–Trinajstić information content (AvgIpc) is 1.31. The van der Waals surface area contributed by atoms with Crippen LogP contribution in [0.3, 0.4) is 0 Å². The molecule has 0 atom stereocenters. The Morgan fingerprint density at radius 1 is 1.00 bits per heavy atom. The first kappa shape index (κ1) is 7.79. The van der Waals surface area contributed by atoms with Crippen molar-refractivity contribution in [2.75, 3.05) is 0 Å². The normalized spacial score (nSPS) is 12.9. The van der Waals surface area contributed by atoms with E-state index in [1.165, 1.54) is 0 Å². The van der Waals surface area contributed by atoms with Crippen LogP contribution in [0.2, 0.25) is 13.4 Å². The second-order valence-electron chi connectivity index (χ2n) is 2.93. The molecule has 0 radical (unpaired) electrons. The van der Waals surface area contributed by atoms with Gasteiger partial charge in [0.25, 0.3) is 0 Å². The molecule has 0 aliphatic heterocycles. The fraction of sp³-hybridized carbons (Fsp3) is 1.00. The fourth-order valence-corrected chi connectivity index (χ4v) is 0. The van der Waals surface area contributed by atoms with E-state index in [2.05, 4.69) is 30.7 Å². The van der Waals surface area contributed by atoms with Gasteiger partial charge in [-0.15, -0.1) is 0 Å². The van der Waals surface area contributed by atoms with Crippen LogP contribution in [0.5, 0.6) is 0 Å². The van der Waals surface area contributed by atoms with Crippen molar-refractivity contribution in [3.05, 3.63) is 0 Å². The van der Waals surface area contributed by atoms with E-state index in [4.69, 9.17) is 0 Å². The molecule has 0 unspecified atom stereocenters. The van der Waals surface area contributed by atoms with Crippen molar-refractivity contribution in [1.82, 2.24) is 0 Å².